The first-order valence-corrected chi connectivity index (χ1v) is 6.22. The van der Waals surface area contributed by atoms with E-state index in [1.54, 1.807) is 19.2 Å². The van der Waals surface area contributed by atoms with Crippen molar-refractivity contribution >= 4 is 5.69 Å². The third-order valence-electron chi connectivity index (χ3n) is 2.93. The van der Waals surface area contributed by atoms with Crippen LogP contribution in [0.15, 0.2) is 18.2 Å². The number of likely N-dealkylation sites (N-methyl/N-ethyl adjacent to an activating group) is 1. The van der Waals surface area contributed by atoms with Crippen LogP contribution in [0.25, 0.3) is 0 Å². The van der Waals surface area contributed by atoms with E-state index >= 15 is 0 Å². The zero-order valence-electron chi connectivity index (χ0n) is 11.6. The summed E-state index contributed by atoms with van der Waals surface area (Å²) in [6.45, 7) is 4.69. The third kappa shape index (κ3) is 4.27. The van der Waals surface area contributed by atoms with Crippen molar-refractivity contribution in [2.24, 2.45) is 5.73 Å². The Kier molecular flexibility index (Phi) is 5.56. The van der Waals surface area contributed by atoms with Gasteiger partial charge in [0.05, 0.1) is 6.10 Å². The topological polar surface area (TPSA) is 38.5 Å². The average Bonchev–Trinajstić information content (AvgIpc) is 2.27. The first kappa shape index (κ1) is 14.9. The number of halogens is 1. The predicted molar refractivity (Wildman–Crippen MR) is 73.5 cm³/mol. The number of benzene rings is 1. The summed E-state index contributed by atoms with van der Waals surface area (Å²) >= 11 is 0. The molecule has 4 heteroatoms. The van der Waals surface area contributed by atoms with Crippen LogP contribution in [0.4, 0.5) is 10.1 Å². The monoisotopic (exact) mass is 254 g/mol. The lowest BCUT2D eigenvalue weighted by molar-refractivity contribution is 0.124. The van der Waals surface area contributed by atoms with Crippen molar-refractivity contribution < 1.29 is 9.13 Å². The largest absolute Gasteiger partial charge is 0.380 e. The molecular formula is C14H23FN2O. The van der Waals surface area contributed by atoms with E-state index in [2.05, 4.69) is 4.90 Å². The van der Waals surface area contributed by atoms with Crippen molar-refractivity contribution in [2.75, 3.05) is 25.6 Å². The second-order valence-electron chi connectivity index (χ2n) is 4.88. The first-order chi connectivity index (χ1) is 8.43. The van der Waals surface area contributed by atoms with E-state index in [4.69, 9.17) is 10.5 Å². The van der Waals surface area contributed by atoms with E-state index < -0.39 is 0 Å². The lowest BCUT2D eigenvalue weighted by Crippen LogP contribution is -2.30. The molecule has 0 aliphatic carbocycles. The predicted octanol–water partition coefficient (Wildman–Crippen LogP) is 2.19. The van der Waals surface area contributed by atoms with Gasteiger partial charge in [-0.1, -0.05) is 0 Å². The fraction of sp³-hybridized carbons (Fsp3) is 0.571. The van der Waals surface area contributed by atoms with E-state index in [0.29, 0.717) is 6.42 Å². The van der Waals surface area contributed by atoms with Crippen molar-refractivity contribution in [3.8, 4) is 0 Å². The molecule has 0 fully saturated rings. The number of nitrogens with zero attached hydrogens (tertiary/aromatic N) is 1. The van der Waals surface area contributed by atoms with Crippen LogP contribution in [0.3, 0.4) is 0 Å². The van der Waals surface area contributed by atoms with Gasteiger partial charge in [-0.05, 0) is 44.0 Å². The molecule has 0 saturated carbocycles. The maximum atomic E-state index is 13.3. The van der Waals surface area contributed by atoms with Gasteiger partial charge in [-0.15, -0.1) is 0 Å². The van der Waals surface area contributed by atoms with E-state index in [1.807, 2.05) is 20.9 Å². The van der Waals surface area contributed by atoms with E-state index in [9.17, 15) is 4.39 Å². The van der Waals surface area contributed by atoms with Crippen molar-refractivity contribution in [3.05, 3.63) is 29.6 Å². The molecule has 2 atom stereocenters. The molecular weight excluding hydrogens is 231 g/mol. The maximum absolute atomic E-state index is 13.3. The smallest absolute Gasteiger partial charge is 0.123 e. The van der Waals surface area contributed by atoms with Gasteiger partial charge < -0.3 is 15.4 Å². The third-order valence-corrected chi connectivity index (χ3v) is 2.93. The molecule has 18 heavy (non-hydrogen) atoms. The van der Waals surface area contributed by atoms with Gasteiger partial charge in [0.15, 0.2) is 0 Å². The summed E-state index contributed by atoms with van der Waals surface area (Å²) in [5, 5.41) is 0. The molecule has 3 nitrogen and oxygen atoms in total. The highest BCUT2D eigenvalue weighted by Gasteiger charge is 2.12. The highest BCUT2D eigenvalue weighted by Crippen LogP contribution is 2.22. The molecule has 0 aliphatic rings. The van der Waals surface area contributed by atoms with Crippen LogP contribution >= 0.6 is 0 Å². The summed E-state index contributed by atoms with van der Waals surface area (Å²) in [6.07, 6.45) is 0.793. The fourth-order valence-corrected chi connectivity index (χ4v) is 2.00. The normalized spacial score (nSPS) is 14.3. The zero-order chi connectivity index (χ0) is 13.7. The maximum Gasteiger partial charge on any atom is 0.123 e. The Morgan fingerprint density at radius 3 is 2.61 bits per heavy atom. The molecule has 0 amide bonds. The summed E-state index contributed by atoms with van der Waals surface area (Å²) in [5.74, 6) is -0.220. The minimum atomic E-state index is -0.220. The molecule has 0 radical (unpaired) electrons. The van der Waals surface area contributed by atoms with Crippen molar-refractivity contribution in [3.63, 3.8) is 0 Å². The van der Waals surface area contributed by atoms with Crippen LogP contribution in [-0.4, -0.2) is 32.8 Å². The Hall–Kier alpha value is -1.13. The van der Waals surface area contributed by atoms with Crippen LogP contribution in [0.2, 0.25) is 0 Å². The van der Waals surface area contributed by atoms with Crippen molar-refractivity contribution in [2.45, 2.75) is 32.4 Å². The molecule has 2 N–H and O–H groups in total. The van der Waals surface area contributed by atoms with E-state index in [-0.39, 0.29) is 18.0 Å². The van der Waals surface area contributed by atoms with E-state index in [1.165, 1.54) is 6.07 Å². The fourth-order valence-electron chi connectivity index (χ4n) is 2.00. The van der Waals surface area contributed by atoms with Crippen LogP contribution in [0, 0.1) is 5.82 Å². The van der Waals surface area contributed by atoms with Gasteiger partial charge in [-0.3, -0.25) is 0 Å². The van der Waals surface area contributed by atoms with Gasteiger partial charge in [0.2, 0.25) is 0 Å². The zero-order valence-corrected chi connectivity index (χ0v) is 11.6. The minimum Gasteiger partial charge on any atom is -0.380 e. The van der Waals surface area contributed by atoms with Gasteiger partial charge in [0.25, 0.3) is 0 Å². The van der Waals surface area contributed by atoms with Gasteiger partial charge in [-0.25, -0.2) is 4.39 Å². The van der Waals surface area contributed by atoms with Crippen LogP contribution in [0.5, 0.6) is 0 Å². The van der Waals surface area contributed by atoms with Crippen LogP contribution < -0.4 is 10.6 Å². The lowest BCUT2D eigenvalue weighted by Gasteiger charge is -2.25. The van der Waals surface area contributed by atoms with Gasteiger partial charge in [-0.2, -0.15) is 0 Å². The number of ether oxygens (including phenoxy) is 1. The number of anilines is 1. The quantitative estimate of drug-likeness (QED) is 0.845. The summed E-state index contributed by atoms with van der Waals surface area (Å²) in [4.78, 5) is 2.07. The molecule has 0 saturated heterocycles. The molecule has 102 valence electrons. The Balaban J connectivity index is 2.92. The Morgan fingerprint density at radius 1 is 1.39 bits per heavy atom. The molecule has 2 unspecified atom stereocenters. The highest BCUT2D eigenvalue weighted by atomic mass is 19.1. The molecule has 1 aromatic carbocycles. The minimum absolute atomic E-state index is 0.0128. The average molecular weight is 254 g/mol. The Bertz CT molecular complexity index is 382. The van der Waals surface area contributed by atoms with Crippen molar-refractivity contribution in [1.29, 1.82) is 0 Å². The molecule has 0 aliphatic heterocycles. The highest BCUT2D eigenvalue weighted by molar-refractivity contribution is 5.53. The van der Waals surface area contributed by atoms with E-state index in [0.717, 1.165) is 17.8 Å². The van der Waals surface area contributed by atoms with Gasteiger partial charge in [0, 0.05) is 32.4 Å². The molecule has 0 spiro atoms. The second kappa shape index (κ2) is 6.71. The van der Waals surface area contributed by atoms with Crippen molar-refractivity contribution in [1.82, 2.24) is 0 Å². The second-order valence-corrected chi connectivity index (χ2v) is 4.88. The van der Waals surface area contributed by atoms with Crippen LogP contribution in [0.1, 0.15) is 19.4 Å². The molecule has 1 aromatic rings. The first-order valence-electron chi connectivity index (χ1n) is 6.22. The number of hydrogen-bond donors (Lipinski definition) is 1. The summed E-state index contributed by atoms with van der Waals surface area (Å²) in [5.41, 5.74) is 7.76. The standard InChI is InChI=1S/C14H23FN2O/c1-10(16)7-12-8-13(15)5-6-14(12)17(3)9-11(2)18-4/h5-6,8,10-11H,7,9,16H2,1-4H3. The SMILES string of the molecule is COC(C)CN(C)c1ccc(F)cc1CC(C)N. The molecule has 0 heterocycles. The van der Waals surface area contributed by atoms with Crippen LogP contribution in [-0.2, 0) is 11.2 Å². The Labute approximate surface area is 109 Å². The number of rotatable bonds is 6. The number of methoxy groups -OCH3 is 1. The lowest BCUT2D eigenvalue weighted by atomic mass is 10.0. The molecule has 0 aromatic heterocycles. The summed E-state index contributed by atoms with van der Waals surface area (Å²) in [6, 6.07) is 4.86. The number of nitrogens with two attached hydrogens (primary N) is 1. The molecule has 1 rings (SSSR count). The molecule has 0 bridgehead atoms. The van der Waals surface area contributed by atoms with Gasteiger partial charge in [0.1, 0.15) is 5.82 Å². The summed E-state index contributed by atoms with van der Waals surface area (Å²) < 4.78 is 18.6. The Morgan fingerprint density at radius 2 is 2.06 bits per heavy atom. The number of hydrogen-bond acceptors (Lipinski definition) is 3. The summed E-state index contributed by atoms with van der Waals surface area (Å²) in [7, 11) is 3.67. The van der Waals surface area contributed by atoms with Gasteiger partial charge >= 0.3 is 0 Å².